The number of aliphatic hydroxyl groups is 1. The van der Waals surface area contributed by atoms with Crippen LogP contribution in [0.2, 0.25) is 0 Å². The summed E-state index contributed by atoms with van der Waals surface area (Å²) in [6, 6.07) is 6.52. The van der Waals surface area contributed by atoms with Gasteiger partial charge >= 0.3 is 5.97 Å². The Morgan fingerprint density at radius 2 is 1.94 bits per heavy atom. The van der Waals surface area contributed by atoms with E-state index in [0.717, 1.165) is 45.4 Å². The molecule has 0 aromatic heterocycles. The summed E-state index contributed by atoms with van der Waals surface area (Å²) in [7, 11) is 0. The second kappa shape index (κ2) is 8.18. The lowest BCUT2D eigenvalue weighted by atomic mass is 9.55. The van der Waals surface area contributed by atoms with Crippen molar-refractivity contribution in [2.45, 2.75) is 59.2 Å². The summed E-state index contributed by atoms with van der Waals surface area (Å²) >= 11 is 0. The molecule has 1 aromatic rings. The van der Waals surface area contributed by atoms with E-state index in [-0.39, 0.29) is 29.3 Å². The fourth-order valence-electron chi connectivity index (χ4n) is 6.80. The fourth-order valence-corrected chi connectivity index (χ4v) is 6.80. The summed E-state index contributed by atoms with van der Waals surface area (Å²) in [5, 5.41) is 11.6. The van der Waals surface area contributed by atoms with Gasteiger partial charge in [0.15, 0.2) is 0 Å². The van der Waals surface area contributed by atoms with Gasteiger partial charge in [0.1, 0.15) is 6.10 Å². The van der Waals surface area contributed by atoms with Gasteiger partial charge in [-0.3, -0.25) is 9.69 Å². The monoisotopic (exact) mass is 438 g/mol. The van der Waals surface area contributed by atoms with Gasteiger partial charge in [-0.2, -0.15) is 0 Å². The molecule has 2 heterocycles. The second-order valence-corrected chi connectivity index (χ2v) is 10.8. The van der Waals surface area contributed by atoms with E-state index in [1.165, 1.54) is 22.4 Å². The third-order valence-corrected chi connectivity index (χ3v) is 9.31. The molecule has 0 radical (unpaired) electrons. The van der Waals surface area contributed by atoms with Crippen LogP contribution in [0.4, 0.5) is 5.69 Å². The number of carbonyl (C=O) groups excluding carboxylic acids is 1. The zero-order chi connectivity index (χ0) is 22.6. The summed E-state index contributed by atoms with van der Waals surface area (Å²) in [5.41, 5.74) is 5.08. The Morgan fingerprint density at radius 3 is 2.69 bits per heavy atom. The van der Waals surface area contributed by atoms with Gasteiger partial charge < -0.3 is 14.7 Å². The van der Waals surface area contributed by atoms with Gasteiger partial charge in [0, 0.05) is 56.2 Å². The number of piperazine rings is 1. The largest absolute Gasteiger partial charge is 0.461 e. The fraction of sp³-hybridized carbons (Fsp3) is 0.667. The smallest absolute Gasteiger partial charge is 0.311 e. The summed E-state index contributed by atoms with van der Waals surface area (Å²) in [6.45, 7) is 13.3. The molecule has 5 heteroatoms. The Kier molecular flexibility index (Phi) is 5.61. The third kappa shape index (κ3) is 3.40. The molecule has 1 aromatic carbocycles. The van der Waals surface area contributed by atoms with Crippen LogP contribution >= 0.6 is 0 Å². The molecule has 1 saturated carbocycles. The molecule has 174 valence electrons. The normalized spacial score (nSPS) is 37.5. The highest BCUT2D eigenvalue weighted by molar-refractivity contribution is 5.76. The quantitative estimate of drug-likeness (QED) is 0.576. The van der Waals surface area contributed by atoms with Crippen LogP contribution < -0.4 is 4.90 Å². The zero-order valence-corrected chi connectivity index (χ0v) is 20.0. The van der Waals surface area contributed by atoms with Crippen LogP contribution in [-0.2, 0) is 9.53 Å². The topological polar surface area (TPSA) is 53.0 Å². The number of benzene rings is 1. The molecule has 2 aliphatic heterocycles. The number of hydrogen-bond acceptors (Lipinski definition) is 5. The number of esters is 1. The average molecular weight is 439 g/mol. The van der Waals surface area contributed by atoms with Crippen molar-refractivity contribution in [3.05, 3.63) is 41.0 Å². The molecule has 0 spiro atoms. The highest BCUT2D eigenvalue weighted by atomic mass is 16.6. The number of aliphatic hydroxyl groups excluding tert-OH is 1. The number of ether oxygens (including phenoxy) is 1. The van der Waals surface area contributed by atoms with E-state index in [2.05, 4.69) is 61.8 Å². The number of anilines is 1. The van der Waals surface area contributed by atoms with Crippen LogP contribution in [0.1, 0.15) is 44.2 Å². The highest BCUT2D eigenvalue weighted by Gasteiger charge is 2.59. The van der Waals surface area contributed by atoms with E-state index >= 15 is 0 Å². The molecule has 2 aliphatic carbocycles. The van der Waals surface area contributed by atoms with Gasteiger partial charge in [0.25, 0.3) is 0 Å². The van der Waals surface area contributed by atoms with E-state index in [4.69, 9.17) is 4.74 Å². The predicted molar refractivity (Wildman–Crippen MR) is 127 cm³/mol. The van der Waals surface area contributed by atoms with E-state index in [1.807, 2.05) is 0 Å². The van der Waals surface area contributed by atoms with Crippen molar-refractivity contribution in [1.82, 2.24) is 4.90 Å². The summed E-state index contributed by atoms with van der Waals surface area (Å²) in [4.78, 5) is 17.8. The molecule has 6 atom stereocenters. The molecule has 32 heavy (non-hydrogen) atoms. The lowest BCUT2D eigenvalue weighted by Gasteiger charge is -2.52. The van der Waals surface area contributed by atoms with Crippen molar-refractivity contribution in [3.8, 4) is 0 Å². The Morgan fingerprint density at radius 1 is 1.19 bits per heavy atom. The number of hydrogen-bond donors (Lipinski definition) is 1. The van der Waals surface area contributed by atoms with Crippen molar-refractivity contribution >= 4 is 11.7 Å². The first-order valence-electron chi connectivity index (χ1n) is 12.4. The van der Waals surface area contributed by atoms with Crippen LogP contribution in [0, 0.1) is 37.0 Å². The first kappa shape index (κ1) is 22.0. The van der Waals surface area contributed by atoms with Crippen molar-refractivity contribution in [2.24, 2.45) is 23.2 Å². The molecule has 4 aliphatic rings. The SMILES string of the molecule is Cc1cccc(N2CCN(C[C@@H]3C(=O)O[C@@H]4CC5=CCC[C@@H](C)[C@@]5(C)[C@H](O)[C@H]34)CC2)c1C. The van der Waals surface area contributed by atoms with Gasteiger partial charge in [-0.15, -0.1) is 0 Å². The van der Waals surface area contributed by atoms with Crippen molar-refractivity contribution < 1.29 is 14.6 Å². The predicted octanol–water partition coefficient (Wildman–Crippen LogP) is 3.71. The van der Waals surface area contributed by atoms with Crippen molar-refractivity contribution in [3.63, 3.8) is 0 Å². The molecular weight excluding hydrogens is 400 g/mol. The molecule has 0 bridgehead atoms. The van der Waals surface area contributed by atoms with Gasteiger partial charge in [-0.25, -0.2) is 0 Å². The van der Waals surface area contributed by atoms with E-state index in [9.17, 15) is 9.90 Å². The lowest BCUT2D eigenvalue weighted by Crippen LogP contribution is -2.55. The van der Waals surface area contributed by atoms with Gasteiger partial charge in [-0.05, 0) is 49.8 Å². The molecule has 0 unspecified atom stereocenters. The number of allylic oxidation sites excluding steroid dienone is 1. The van der Waals surface area contributed by atoms with Crippen LogP contribution in [0.5, 0.6) is 0 Å². The standard InChI is InChI=1S/C27H38N2O3/c1-17-7-5-10-22(19(17)3)29-13-11-28(12-14-29)16-21-24-23(32-26(21)31)15-20-9-6-8-18(2)27(20,4)25(24)30/h5,7,9-10,18,21,23-25,30H,6,8,11-16H2,1-4H3/t18-,21+,23-,24-,25-,27-/m1/s1. The number of rotatable bonds is 3. The van der Waals surface area contributed by atoms with Crippen LogP contribution in [0.3, 0.4) is 0 Å². The first-order chi connectivity index (χ1) is 15.3. The molecule has 2 saturated heterocycles. The number of carbonyl (C=O) groups is 1. The molecule has 0 amide bonds. The minimum Gasteiger partial charge on any atom is -0.461 e. The van der Waals surface area contributed by atoms with Gasteiger partial charge in [-0.1, -0.05) is 37.6 Å². The number of nitrogens with zero attached hydrogens (tertiary/aromatic N) is 2. The molecule has 5 nitrogen and oxygen atoms in total. The summed E-state index contributed by atoms with van der Waals surface area (Å²) in [5.74, 6) is -0.000529. The maximum atomic E-state index is 12.9. The minimum atomic E-state index is -0.518. The zero-order valence-electron chi connectivity index (χ0n) is 20.0. The van der Waals surface area contributed by atoms with Gasteiger partial charge in [0.2, 0.25) is 0 Å². The van der Waals surface area contributed by atoms with Gasteiger partial charge in [0.05, 0.1) is 12.0 Å². The van der Waals surface area contributed by atoms with Crippen molar-refractivity contribution in [1.29, 1.82) is 0 Å². The molecule has 3 fully saturated rings. The second-order valence-electron chi connectivity index (χ2n) is 10.8. The van der Waals surface area contributed by atoms with E-state index in [0.29, 0.717) is 12.5 Å². The Bertz CT molecular complexity index is 919. The Balaban J connectivity index is 1.28. The lowest BCUT2D eigenvalue weighted by molar-refractivity contribution is -0.145. The summed E-state index contributed by atoms with van der Waals surface area (Å²) < 4.78 is 5.86. The summed E-state index contributed by atoms with van der Waals surface area (Å²) in [6.07, 6.45) is 4.59. The maximum absolute atomic E-state index is 12.9. The maximum Gasteiger partial charge on any atom is 0.311 e. The Hall–Kier alpha value is -1.85. The minimum absolute atomic E-state index is 0.0951. The van der Waals surface area contributed by atoms with Crippen molar-refractivity contribution in [2.75, 3.05) is 37.6 Å². The third-order valence-electron chi connectivity index (χ3n) is 9.31. The molecule has 1 N–H and O–H groups in total. The van der Waals surface area contributed by atoms with Crippen LogP contribution in [0.25, 0.3) is 0 Å². The van der Waals surface area contributed by atoms with E-state index in [1.54, 1.807) is 0 Å². The number of fused-ring (bicyclic) bond motifs is 2. The average Bonchev–Trinajstić information content (AvgIpc) is 3.08. The molecule has 5 rings (SSSR count). The first-order valence-corrected chi connectivity index (χ1v) is 12.4. The van der Waals surface area contributed by atoms with Crippen LogP contribution in [-0.4, -0.2) is 60.9 Å². The number of aryl methyl sites for hydroxylation is 1. The Labute approximate surface area is 192 Å². The van der Waals surface area contributed by atoms with Crippen LogP contribution in [0.15, 0.2) is 29.8 Å². The van der Waals surface area contributed by atoms with E-state index < -0.39 is 6.10 Å². The highest BCUT2D eigenvalue weighted by Crippen LogP contribution is 2.56. The molecular formula is C27H38N2O3.